The lowest BCUT2D eigenvalue weighted by Gasteiger charge is -2.35. The summed E-state index contributed by atoms with van der Waals surface area (Å²) in [5.41, 5.74) is 2.60. The van der Waals surface area contributed by atoms with Gasteiger partial charge in [-0.2, -0.15) is 0 Å². The Hall–Kier alpha value is -3.63. The molecule has 2 aromatic rings. The van der Waals surface area contributed by atoms with Crippen molar-refractivity contribution >= 4 is 35.5 Å². The minimum Gasteiger partial charge on any atom is -0.488 e. The molecule has 0 radical (unpaired) electrons. The number of hydrogen-bond acceptors (Lipinski definition) is 10. The van der Waals surface area contributed by atoms with Crippen molar-refractivity contribution in [1.29, 1.82) is 0 Å². The predicted molar refractivity (Wildman–Crippen MR) is 157 cm³/mol. The maximum Gasteiger partial charge on any atom is 0.303 e. The summed E-state index contributed by atoms with van der Waals surface area (Å²) in [5.74, 6) is -2.19. The van der Waals surface area contributed by atoms with Crippen LogP contribution in [-0.4, -0.2) is 68.1 Å². The van der Waals surface area contributed by atoms with Crippen LogP contribution in [0.3, 0.4) is 0 Å². The Balaban J connectivity index is 1.87. The minimum absolute atomic E-state index is 0.0148. The van der Waals surface area contributed by atoms with Gasteiger partial charge in [0.15, 0.2) is 6.10 Å². The molecule has 1 fully saturated rings. The molecule has 0 aliphatic carbocycles. The van der Waals surface area contributed by atoms with Gasteiger partial charge < -0.3 is 28.4 Å². The quantitative estimate of drug-likeness (QED) is 0.212. The van der Waals surface area contributed by atoms with Crippen LogP contribution in [0, 0.1) is 0 Å². The summed E-state index contributed by atoms with van der Waals surface area (Å²) in [5, 5.41) is 0.555. The Morgan fingerprint density at radius 3 is 2.12 bits per heavy atom. The largest absolute Gasteiger partial charge is 0.488 e. The van der Waals surface area contributed by atoms with Crippen molar-refractivity contribution in [2.45, 2.75) is 84.2 Å². The highest BCUT2D eigenvalue weighted by molar-refractivity contribution is 6.31. The van der Waals surface area contributed by atoms with E-state index in [1.165, 1.54) is 27.7 Å². The van der Waals surface area contributed by atoms with Crippen LogP contribution in [0.5, 0.6) is 5.75 Å². The van der Waals surface area contributed by atoms with Crippen LogP contribution in [0.25, 0.3) is 0 Å². The van der Waals surface area contributed by atoms with Gasteiger partial charge in [-0.1, -0.05) is 42.8 Å². The van der Waals surface area contributed by atoms with Gasteiger partial charge >= 0.3 is 23.9 Å². The first-order valence-corrected chi connectivity index (χ1v) is 14.6. The van der Waals surface area contributed by atoms with E-state index in [2.05, 4.69) is 0 Å². The third-order valence-electron chi connectivity index (χ3n) is 6.92. The molecule has 11 heteroatoms. The van der Waals surface area contributed by atoms with Gasteiger partial charge in [0.2, 0.25) is 0 Å². The van der Waals surface area contributed by atoms with Crippen LogP contribution < -0.4 is 4.74 Å². The average Bonchev–Trinajstić information content (AvgIpc) is 3.44. The molecule has 0 saturated carbocycles. The summed E-state index contributed by atoms with van der Waals surface area (Å²) in [4.78, 5) is 47.7. The van der Waals surface area contributed by atoms with E-state index < -0.39 is 48.1 Å². The van der Waals surface area contributed by atoms with Crippen LogP contribution >= 0.6 is 11.6 Å². The molecule has 1 saturated heterocycles. The van der Waals surface area contributed by atoms with E-state index in [1.54, 1.807) is 12.1 Å². The van der Waals surface area contributed by atoms with Gasteiger partial charge in [-0.3, -0.25) is 19.2 Å². The number of hydrogen-bond donors (Lipinski definition) is 0. The molecule has 1 aliphatic rings. The van der Waals surface area contributed by atoms with E-state index >= 15 is 0 Å². The highest BCUT2D eigenvalue weighted by Gasteiger charge is 2.40. The average molecular weight is 619 g/mol. The molecule has 43 heavy (non-hydrogen) atoms. The molecule has 1 heterocycles. The van der Waals surface area contributed by atoms with E-state index in [0.29, 0.717) is 24.7 Å². The molecular formula is C32H39ClO10. The fourth-order valence-corrected chi connectivity index (χ4v) is 5.11. The fraction of sp³-hybridized carbons (Fsp3) is 0.500. The molecule has 3 rings (SSSR count). The van der Waals surface area contributed by atoms with Gasteiger partial charge in [0, 0.05) is 51.5 Å². The lowest BCUT2D eigenvalue weighted by molar-refractivity contribution is -0.186. The fourth-order valence-electron chi connectivity index (χ4n) is 4.92. The van der Waals surface area contributed by atoms with Crippen molar-refractivity contribution < 1.29 is 47.6 Å². The first-order valence-electron chi connectivity index (χ1n) is 14.2. The Bertz CT molecular complexity index is 1260. The molecule has 5 atom stereocenters. The lowest BCUT2D eigenvalue weighted by Crippen LogP contribution is -2.47. The number of benzene rings is 2. The van der Waals surface area contributed by atoms with Gasteiger partial charge in [-0.15, -0.1) is 0 Å². The van der Waals surface area contributed by atoms with Crippen molar-refractivity contribution in [3.63, 3.8) is 0 Å². The normalized spacial score (nSPS) is 17.2. The van der Waals surface area contributed by atoms with Crippen LogP contribution in [0.4, 0.5) is 0 Å². The molecule has 0 unspecified atom stereocenters. The standard InChI is InChI=1S/C32H39ClO10/c1-19(31(41-22(4)36)32(42-23(5)37)30(40-21(3)35)13-15-39-20(2)34)25-8-11-29(33)26(17-25)16-24-6-9-27(10-7-24)43-28-12-14-38-18-28/h6-11,17,19,28,30-32H,12-16,18H2,1-5H3/t19-,28-,30-,31+,32+/m0/s1. The van der Waals surface area contributed by atoms with Gasteiger partial charge in [0.1, 0.15) is 24.1 Å². The van der Waals surface area contributed by atoms with E-state index in [0.717, 1.165) is 28.9 Å². The number of ether oxygens (including phenoxy) is 6. The Morgan fingerprint density at radius 2 is 1.53 bits per heavy atom. The van der Waals surface area contributed by atoms with Crippen molar-refractivity contribution in [1.82, 2.24) is 0 Å². The topological polar surface area (TPSA) is 124 Å². The SMILES string of the molecule is CC(=O)OCC[C@H](OC(C)=O)[C@@H](OC(C)=O)[C@H](OC(C)=O)[C@@H](C)c1ccc(Cl)c(Cc2ccc(O[C@H]3CCOC3)cc2)c1. The third-order valence-corrected chi connectivity index (χ3v) is 7.29. The zero-order chi connectivity index (χ0) is 31.5. The highest BCUT2D eigenvalue weighted by atomic mass is 35.5. The first-order chi connectivity index (χ1) is 20.4. The second kappa shape index (κ2) is 16.3. The van der Waals surface area contributed by atoms with E-state index in [9.17, 15) is 19.2 Å². The van der Waals surface area contributed by atoms with Crippen LogP contribution in [-0.2, 0) is 49.3 Å². The maximum atomic E-state index is 12.2. The summed E-state index contributed by atoms with van der Waals surface area (Å²) in [6, 6.07) is 13.3. The van der Waals surface area contributed by atoms with Gasteiger partial charge in [-0.25, -0.2) is 0 Å². The van der Waals surface area contributed by atoms with E-state index in [4.69, 9.17) is 40.0 Å². The van der Waals surface area contributed by atoms with Crippen molar-refractivity contribution in [3.8, 4) is 5.75 Å². The zero-order valence-corrected chi connectivity index (χ0v) is 25.9. The number of esters is 4. The molecule has 0 amide bonds. The second-order valence-corrected chi connectivity index (χ2v) is 10.9. The van der Waals surface area contributed by atoms with Crippen LogP contribution in [0.1, 0.15) is 70.1 Å². The molecule has 234 valence electrons. The Labute approximate surface area is 256 Å². The van der Waals surface area contributed by atoms with Crippen molar-refractivity contribution in [2.75, 3.05) is 19.8 Å². The molecule has 0 aromatic heterocycles. The molecule has 0 N–H and O–H groups in total. The van der Waals surface area contributed by atoms with Crippen molar-refractivity contribution in [3.05, 3.63) is 64.2 Å². The van der Waals surface area contributed by atoms with Crippen LogP contribution in [0.2, 0.25) is 5.02 Å². The third kappa shape index (κ3) is 10.9. The number of carbonyl (C=O) groups excluding carboxylic acids is 4. The summed E-state index contributed by atoms with van der Waals surface area (Å²) in [6.07, 6.45) is -1.83. The van der Waals surface area contributed by atoms with Gasteiger partial charge in [0.05, 0.1) is 19.8 Å². The maximum absolute atomic E-state index is 12.2. The molecule has 0 bridgehead atoms. The number of carbonyl (C=O) groups is 4. The Kier molecular flexibility index (Phi) is 12.8. The van der Waals surface area contributed by atoms with E-state index in [-0.39, 0.29) is 19.1 Å². The van der Waals surface area contributed by atoms with Gasteiger partial charge in [-0.05, 0) is 41.3 Å². The molecule has 1 aliphatic heterocycles. The number of halogens is 1. The molecular weight excluding hydrogens is 580 g/mol. The minimum atomic E-state index is -1.19. The summed E-state index contributed by atoms with van der Waals surface area (Å²) < 4.78 is 33.2. The lowest BCUT2D eigenvalue weighted by atomic mass is 9.87. The summed E-state index contributed by atoms with van der Waals surface area (Å²) >= 11 is 6.59. The smallest absolute Gasteiger partial charge is 0.303 e. The molecule has 0 spiro atoms. The summed E-state index contributed by atoms with van der Waals surface area (Å²) in [6.45, 7) is 7.91. The van der Waals surface area contributed by atoms with Gasteiger partial charge in [0.25, 0.3) is 0 Å². The summed E-state index contributed by atoms with van der Waals surface area (Å²) in [7, 11) is 0. The second-order valence-electron chi connectivity index (χ2n) is 10.5. The number of rotatable bonds is 14. The highest BCUT2D eigenvalue weighted by Crippen LogP contribution is 2.32. The monoisotopic (exact) mass is 618 g/mol. The van der Waals surface area contributed by atoms with E-state index in [1.807, 2.05) is 37.3 Å². The molecule has 10 nitrogen and oxygen atoms in total. The predicted octanol–water partition coefficient (Wildman–Crippen LogP) is 4.95. The van der Waals surface area contributed by atoms with Crippen LogP contribution in [0.15, 0.2) is 42.5 Å². The van der Waals surface area contributed by atoms with Crippen molar-refractivity contribution in [2.24, 2.45) is 0 Å². The zero-order valence-electron chi connectivity index (χ0n) is 25.1. The Morgan fingerprint density at radius 1 is 0.884 bits per heavy atom. The first kappa shape index (κ1) is 33.9. The molecule has 2 aromatic carbocycles.